The molecule has 1 aliphatic heterocycles. The van der Waals surface area contributed by atoms with Gasteiger partial charge >= 0.3 is 0 Å². The summed E-state index contributed by atoms with van der Waals surface area (Å²) in [4.78, 5) is 19.9. The first-order valence-electron chi connectivity index (χ1n) is 5.67. The van der Waals surface area contributed by atoms with Crippen molar-refractivity contribution >= 4 is 16.8 Å². The molecule has 1 fully saturated rings. The maximum atomic E-state index is 11.4. The van der Waals surface area contributed by atoms with Crippen LogP contribution in [0.3, 0.4) is 0 Å². The van der Waals surface area contributed by atoms with E-state index in [9.17, 15) is 4.79 Å². The summed E-state index contributed by atoms with van der Waals surface area (Å²) >= 11 is 0. The van der Waals surface area contributed by atoms with Crippen LogP contribution in [0.2, 0.25) is 0 Å². The van der Waals surface area contributed by atoms with E-state index < -0.39 is 0 Å². The summed E-state index contributed by atoms with van der Waals surface area (Å²) in [6.07, 6.45) is 4.21. The summed E-state index contributed by atoms with van der Waals surface area (Å²) in [5.74, 6) is 0.264. The molecule has 1 aliphatic rings. The SMILES string of the molecule is O=C1CCOC(c2ccc3nccnc3c2)C1. The molecule has 86 valence electrons. The van der Waals surface area contributed by atoms with Crippen LogP contribution in [0.5, 0.6) is 0 Å². The van der Waals surface area contributed by atoms with Gasteiger partial charge < -0.3 is 4.74 Å². The van der Waals surface area contributed by atoms with Crippen molar-refractivity contribution in [2.75, 3.05) is 6.61 Å². The Morgan fingerprint density at radius 3 is 2.82 bits per heavy atom. The second-order valence-corrected chi connectivity index (χ2v) is 4.16. The summed E-state index contributed by atoms with van der Waals surface area (Å²) in [5.41, 5.74) is 2.70. The lowest BCUT2D eigenvalue weighted by molar-refractivity contribution is -0.128. The average Bonchev–Trinajstić information content (AvgIpc) is 2.38. The topological polar surface area (TPSA) is 52.1 Å². The Morgan fingerprint density at radius 2 is 2.00 bits per heavy atom. The third kappa shape index (κ3) is 2.03. The van der Waals surface area contributed by atoms with Crippen LogP contribution >= 0.6 is 0 Å². The average molecular weight is 228 g/mol. The van der Waals surface area contributed by atoms with Crippen molar-refractivity contribution in [3.63, 3.8) is 0 Å². The molecule has 0 bridgehead atoms. The molecule has 4 nitrogen and oxygen atoms in total. The fraction of sp³-hybridized carbons (Fsp3) is 0.308. The zero-order valence-electron chi connectivity index (χ0n) is 9.30. The van der Waals surface area contributed by atoms with Gasteiger partial charge in [0, 0.05) is 25.2 Å². The molecule has 0 saturated carbocycles. The molecule has 4 heteroatoms. The Hall–Kier alpha value is -1.81. The predicted molar refractivity (Wildman–Crippen MR) is 62.5 cm³/mol. The first-order valence-corrected chi connectivity index (χ1v) is 5.67. The molecular formula is C13H12N2O2. The predicted octanol–water partition coefficient (Wildman–Crippen LogP) is 2.05. The fourth-order valence-corrected chi connectivity index (χ4v) is 2.08. The first kappa shape index (κ1) is 10.4. The highest BCUT2D eigenvalue weighted by Gasteiger charge is 2.21. The lowest BCUT2D eigenvalue weighted by Gasteiger charge is -2.22. The van der Waals surface area contributed by atoms with E-state index >= 15 is 0 Å². The molecule has 1 unspecified atom stereocenters. The number of fused-ring (bicyclic) bond motifs is 1. The molecular weight excluding hydrogens is 216 g/mol. The molecule has 1 saturated heterocycles. The van der Waals surface area contributed by atoms with Crippen molar-refractivity contribution in [1.82, 2.24) is 9.97 Å². The van der Waals surface area contributed by atoms with Crippen molar-refractivity contribution in [2.45, 2.75) is 18.9 Å². The molecule has 2 heterocycles. The number of benzene rings is 1. The van der Waals surface area contributed by atoms with Gasteiger partial charge in [-0.25, -0.2) is 0 Å². The van der Waals surface area contributed by atoms with Gasteiger partial charge in [-0.1, -0.05) is 6.07 Å². The summed E-state index contributed by atoms with van der Waals surface area (Å²) < 4.78 is 5.61. The third-order valence-corrected chi connectivity index (χ3v) is 2.98. The van der Waals surface area contributed by atoms with Crippen molar-refractivity contribution in [3.05, 3.63) is 36.2 Å². The minimum Gasteiger partial charge on any atom is -0.373 e. The first-order chi connectivity index (χ1) is 8.33. The van der Waals surface area contributed by atoms with Gasteiger partial charge in [-0.05, 0) is 17.7 Å². The highest BCUT2D eigenvalue weighted by molar-refractivity contribution is 5.80. The van der Waals surface area contributed by atoms with Crippen molar-refractivity contribution in [3.8, 4) is 0 Å². The summed E-state index contributed by atoms with van der Waals surface area (Å²) in [6, 6.07) is 5.83. The lowest BCUT2D eigenvalue weighted by atomic mass is 10.00. The molecule has 2 aromatic rings. The van der Waals surface area contributed by atoms with Crippen LogP contribution < -0.4 is 0 Å². The zero-order valence-corrected chi connectivity index (χ0v) is 9.30. The van der Waals surface area contributed by atoms with Crippen LogP contribution in [-0.2, 0) is 9.53 Å². The van der Waals surface area contributed by atoms with Crippen LogP contribution in [-0.4, -0.2) is 22.4 Å². The van der Waals surface area contributed by atoms with E-state index in [1.165, 1.54) is 0 Å². The third-order valence-electron chi connectivity index (χ3n) is 2.98. The Kier molecular flexibility index (Phi) is 2.57. The Labute approximate surface area is 98.6 Å². The number of hydrogen-bond acceptors (Lipinski definition) is 4. The number of ether oxygens (including phenoxy) is 1. The Bertz CT molecular complexity index is 568. The van der Waals surface area contributed by atoms with Gasteiger partial charge in [-0.3, -0.25) is 14.8 Å². The summed E-state index contributed by atoms with van der Waals surface area (Å²) in [7, 11) is 0. The normalized spacial score (nSPS) is 20.7. The van der Waals surface area contributed by atoms with Crippen LogP contribution in [0.1, 0.15) is 24.5 Å². The smallest absolute Gasteiger partial charge is 0.138 e. The highest BCUT2D eigenvalue weighted by atomic mass is 16.5. The minimum absolute atomic E-state index is 0.123. The summed E-state index contributed by atoms with van der Waals surface area (Å²) in [5, 5.41) is 0. The van der Waals surface area contributed by atoms with Gasteiger partial charge in [0.05, 0.1) is 23.7 Å². The second kappa shape index (κ2) is 4.22. The van der Waals surface area contributed by atoms with Crippen LogP contribution in [0.25, 0.3) is 11.0 Å². The van der Waals surface area contributed by atoms with E-state index in [2.05, 4.69) is 9.97 Å². The highest BCUT2D eigenvalue weighted by Crippen LogP contribution is 2.27. The maximum Gasteiger partial charge on any atom is 0.138 e. The fourth-order valence-electron chi connectivity index (χ4n) is 2.08. The molecule has 3 rings (SSSR count). The molecule has 0 aliphatic carbocycles. The molecule has 0 radical (unpaired) electrons. The quantitative estimate of drug-likeness (QED) is 0.749. The number of ketones is 1. The van der Waals surface area contributed by atoms with Gasteiger partial charge in [-0.2, -0.15) is 0 Å². The number of carbonyl (C=O) groups excluding carboxylic acids is 1. The zero-order chi connectivity index (χ0) is 11.7. The standard InChI is InChI=1S/C13H12N2O2/c16-10-3-6-17-13(8-10)9-1-2-11-12(7-9)15-5-4-14-11/h1-2,4-5,7,13H,3,6,8H2. The number of hydrogen-bond donors (Lipinski definition) is 0. The van der Waals surface area contributed by atoms with Crippen molar-refractivity contribution in [1.29, 1.82) is 0 Å². The van der Waals surface area contributed by atoms with E-state index in [4.69, 9.17) is 4.74 Å². The number of rotatable bonds is 1. The Balaban J connectivity index is 1.97. The van der Waals surface area contributed by atoms with Crippen molar-refractivity contribution in [2.24, 2.45) is 0 Å². The number of carbonyl (C=O) groups is 1. The van der Waals surface area contributed by atoms with Crippen LogP contribution in [0.4, 0.5) is 0 Å². The van der Waals surface area contributed by atoms with Crippen LogP contribution in [0.15, 0.2) is 30.6 Å². The van der Waals surface area contributed by atoms with Gasteiger partial charge in [0.1, 0.15) is 5.78 Å². The van der Waals surface area contributed by atoms with Gasteiger partial charge in [-0.15, -0.1) is 0 Å². The van der Waals surface area contributed by atoms with E-state index in [-0.39, 0.29) is 11.9 Å². The number of aromatic nitrogens is 2. The monoisotopic (exact) mass is 228 g/mol. The largest absolute Gasteiger partial charge is 0.373 e. The Morgan fingerprint density at radius 1 is 1.18 bits per heavy atom. The van der Waals surface area contributed by atoms with E-state index in [1.807, 2.05) is 18.2 Å². The van der Waals surface area contributed by atoms with Gasteiger partial charge in [0.25, 0.3) is 0 Å². The second-order valence-electron chi connectivity index (χ2n) is 4.16. The summed E-state index contributed by atoms with van der Waals surface area (Å²) in [6.45, 7) is 0.516. The molecule has 0 spiro atoms. The molecule has 0 N–H and O–H groups in total. The van der Waals surface area contributed by atoms with Crippen molar-refractivity contribution < 1.29 is 9.53 Å². The number of Topliss-reactive ketones (excluding diaryl/α,β-unsaturated/α-hetero) is 1. The molecule has 1 atom stereocenters. The van der Waals surface area contributed by atoms with Crippen LogP contribution in [0, 0.1) is 0 Å². The van der Waals surface area contributed by atoms with E-state index in [0.29, 0.717) is 19.4 Å². The van der Waals surface area contributed by atoms with E-state index in [0.717, 1.165) is 16.6 Å². The molecule has 1 aromatic heterocycles. The number of nitrogens with zero attached hydrogens (tertiary/aromatic N) is 2. The lowest BCUT2D eigenvalue weighted by Crippen LogP contribution is -2.19. The van der Waals surface area contributed by atoms with Gasteiger partial charge in [0.2, 0.25) is 0 Å². The van der Waals surface area contributed by atoms with E-state index in [1.54, 1.807) is 12.4 Å². The minimum atomic E-state index is -0.123. The van der Waals surface area contributed by atoms with Gasteiger partial charge in [0.15, 0.2) is 0 Å². The molecule has 17 heavy (non-hydrogen) atoms. The molecule has 1 aromatic carbocycles. The maximum absolute atomic E-state index is 11.4. The molecule has 0 amide bonds.